The van der Waals surface area contributed by atoms with Crippen LogP contribution in [-0.2, 0) is 20.8 Å². The summed E-state index contributed by atoms with van der Waals surface area (Å²) in [5.74, 6) is -2.73. The summed E-state index contributed by atoms with van der Waals surface area (Å²) in [6, 6.07) is 11.0. The van der Waals surface area contributed by atoms with Crippen LogP contribution in [0.5, 0.6) is 0 Å². The zero-order valence-electron chi connectivity index (χ0n) is 20.3. The van der Waals surface area contributed by atoms with Gasteiger partial charge in [-0.25, -0.2) is 8.78 Å². The molecule has 190 valence electrons. The molecule has 0 bridgehead atoms. The van der Waals surface area contributed by atoms with Crippen molar-refractivity contribution in [2.24, 2.45) is 0 Å². The van der Waals surface area contributed by atoms with Crippen LogP contribution in [0, 0.1) is 11.6 Å². The number of nitrogens with zero attached hydrogens (tertiary/aromatic N) is 1. The second kappa shape index (κ2) is 11.5. The maximum atomic E-state index is 13.7. The van der Waals surface area contributed by atoms with Crippen LogP contribution in [0.3, 0.4) is 0 Å². The molecule has 3 amide bonds. The van der Waals surface area contributed by atoms with Gasteiger partial charge in [0, 0.05) is 12.1 Å². The first-order valence-electron chi connectivity index (χ1n) is 12.4. The van der Waals surface area contributed by atoms with E-state index in [1.807, 2.05) is 47.4 Å². The third-order valence-electron chi connectivity index (χ3n) is 6.78. The Morgan fingerprint density at radius 1 is 1.06 bits per heavy atom. The van der Waals surface area contributed by atoms with Crippen molar-refractivity contribution in [3.63, 3.8) is 0 Å². The molecule has 1 saturated carbocycles. The molecule has 1 aliphatic heterocycles. The summed E-state index contributed by atoms with van der Waals surface area (Å²) < 4.78 is 26.8. The highest BCUT2D eigenvalue weighted by atomic mass is 19.1. The Morgan fingerprint density at radius 2 is 1.72 bits per heavy atom. The molecule has 0 saturated heterocycles. The van der Waals surface area contributed by atoms with E-state index in [0.717, 1.165) is 49.4 Å². The van der Waals surface area contributed by atoms with Crippen LogP contribution in [0.1, 0.15) is 56.2 Å². The maximum absolute atomic E-state index is 13.7. The van der Waals surface area contributed by atoms with Gasteiger partial charge in [0.1, 0.15) is 23.7 Å². The number of amides is 3. The lowest BCUT2D eigenvalue weighted by molar-refractivity contribution is -0.140. The van der Waals surface area contributed by atoms with E-state index in [9.17, 15) is 23.2 Å². The molecule has 1 fully saturated rings. The van der Waals surface area contributed by atoms with Crippen molar-refractivity contribution in [1.82, 2.24) is 15.5 Å². The summed E-state index contributed by atoms with van der Waals surface area (Å²) in [7, 11) is 0. The molecule has 0 radical (unpaired) electrons. The highest BCUT2D eigenvalue weighted by Gasteiger charge is 2.38. The van der Waals surface area contributed by atoms with Gasteiger partial charge >= 0.3 is 0 Å². The van der Waals surface area contributed by atoms with Gasteiger partial charge in [0.25, 0.3) is 0 Å². The largest absolute Gasteiger partial charge is 0.344 e. The highest BCUT2D eigenvalue weighted by Crippen LogP contribution is 2.34. The third kappa shape index (κ3) is 6.17. The summed E-state index contributed by atoms with van der Waals surface area (Å²) >= 11 is 0. The average Bonchev–Trinajstić information content (AvgIpc) is 3.31. The number of carbonyl (C=O) groups excluding carboxylic acids is 3. The molecular formula is C28H31F2N3O3. The molecule has 4 rings (SSSR count). The number of hydrogen-bond acceptors (Lipinski definition) is 3. The molecule has 36 heavy (non-hydrogen) atoms. The molecule has 2 aromatic rings. The molecule has 6 nitrogen and oxygen atoms in total. The van der Waals surface area contributed by atoms with Crippen molar-refractivity contribution in [2.45, 2.75) is 69.6 Å². The van der Waals surface area contributed by atoms with Gasteiger partial charge in [-0.3, -0.25) is 14.4 Å². The molecule has 2 N–H and O–H groups in total. The van der Waals surface area contributed by atoms with Crippen LogP contribution in [-0.4, -0.2) is 40.7 Å². The fraction of sp³-hybridized carbons (Fsp3) is 0.393. The summed E-state index contributed by atoms with van der Waals surface area (Å²) in [4.78, 5) is 40.9. The van der Waals surface area contributed by atoms with E-state index in [2.05, 4.69) is 10.6 Å². The number of rotatable bonds is 7. The Hall–Kier alpha value is -3.55. The molecule has 8 heteroatoms. The Labute approximate surface area is 209 Å². The first-order chi connectivity index (χ1) is 17.3. The third-order valence-corrected chi connectivity index (χ3v) is 6.78. The second-order valence-corrected chi connectivity index (χ2v) is 9.51. The lowest BCUT2D eigenvalue weighted by atomic mass is 10.0. The Balaban J connectivity index is 1.42. The monoisotopic (exact) mass is 495 g/mol. The normalized spacial score (nSPS) is 21.2. The van der Waals surface area contributed by atoms with E-state index >= 15 is 0 Å². The fourth-order valence-corrected chi connectivity index (χ4v) is 5.04. The predicted molar refractivity (Wildman–Crippen MR) is 132 cm³/mol. The zero-order valence-corrected chi connectivity index (χ0v) is 20.3. The van der Waals surface area contributed by atoms with Crippen molar-refractivity contribution in [3.8, 4) is 0 Å². The molecule has 2 aliphatic rings. The molecular weight excluding hydrogens is 464 g/mol. The van der Waals surface area contributed by atoms with Crippen molar-refractivity contribution in [2.75, 3.05) is 0 Å². The van der Waals surface area contributed by atoms with E-state index in [1.54, 1.807) is 0 Å². The van der Waals surface area contributed by atoms with Crippen molar-refractivity contribution < 1.29 is 23.2 Å². The highest BCUT2D eigenvalue weighted by molar-refractivity contribution is 5.92. The van der Waals surface area contributed by atoms with Crippen LogP contribution >= 0.6 is 0 Å². The Bertz CT molecular complexity index is 1110. The van der Waals surface area contributed by atoms with Gasteiger partial charge in [-0.1, -0.05) is 55.3 Å². The van der Waals surface area contributed by atoms with Crippen molar-refractivity contribution in [1.29, 1.82) is 0 Å². The van der Waals surface area contributed by atoms with Crippen LogP contribution in [0.4, 0.5) is 8.78 Å². The molecule has 1 aliphatic carbocycles. The average molecular weight is 496 g/mol. The Kier molecular flexibility index (Phi) is 8.13. The minimum atomic E-state index is -0.930. The van der Waals surface area contributed by atoms with Crippen LogP contribution in [0.2, 0.25) is 0 Å². The fourth-order valence-electron chi connectivity index (χ4n) is 5.04. The molecule has 0 aromatic heterocycles. The van der Waals surface area contributed by atoms with E-state index < -0.39 is 35.5 Å². The first-order valence-corrected chi connectivity index (χ1v) is 12.4. The second-order valence-electron chi connectivity index (χ2n) is 9.51. The standard InChI is InChI=1S/C28H31F2N3O3/c1-18(31-26(34)16-19-14-21(29)17-22(30)15-19)27(35)32-24-12-7-13-25(20-8-3-2-4-9-20)33(28(24)36)23-10-5-6-11-23/h2-4,7-9,13-15,17-18,23-25H,5-6,10-12,16H2,1H3,(H,31,34)(H,32,35)/t18-,24?,25?/m0/s1. The van der Waals surface area contributed by atoms with Crippen molar-refractivity contribution in [3.05, 3.63) is 83.4 Å². The molecule has 0 spiro atoms. The van der Waals surface area contributed by atoms with Crippen LogP contribution < -0.4 is 10.6 Å². The van der Waals surface area contributed by atoms with Gasteiger partial charge in [-0.15, -0.1) is 0 Å². The van der Waals surface area contributed by atoms with Gasteiger partial charge in [0.15, 0.2) is 0 Å². The van der Waals surface area contributed by atoms with Gasteiger partial charge in [0.05, 0.1) is 12.5 Å². The summed E-state index contributed by atoms with van der Waals surface area (Å²) in [6.45, 7) is 1.51. The number of carbonyl (C=O) groups is 3. The van der Waals surface area contributed by atoms with Crippen LogP contribution in [0.15, 0.2) is 60.7 Å². The zero-order chi connectivity index (χ0) is 25.7. The topological polar surface area (TPSA) is 78.5 Å². The van der Waals surface area contributed by atoms with E-state index in [0.29, 0.717) is 6.42 Å². The number of nitrogens with one attached hydrogen (secondary N) is 2. The Morgan fingerprint density at radius 3 is 2.39 bits per heavy atom. The SMILES string of the molecule is C[C@H](NC(=O)Cc1cc(F)cc(F)c1)C(=O)NC1CC=CC(c2ccccc2)N(C2CCCC2)C1=O. The van der Waals surface area contributed by atoms with Gasteiger partial charge < -0.3 is 15.5 Å². The summed E-state index contributed by atoms with van der Waals surface area (Å²) in [6.07, 6.45) is 8.02. The summed E-state index contributed by atoms with van der Waals surface area (Å²) in [5, 5.41) is 5.35. The molecule has 2 unspecified atom stereocenters. The lowest BCUT2D eigenvalue weighted by Gasteiger charge is -2.36. The van der Waals surface area contributed by atoms with E-state index in [-0.39, 0.29) is 30.0 Å². The minimum Gasteiger partial charge on any atom is -0.344 e. The molecule has 1 heterocycles. The minimum absolute atomic E-state index is 0.105. The van der Waals surface area contributed by atoms with Gasteiger partial charge in [-0.05, 0) is 49.4 Å². The first kappa shape index (κ1) is 25.5. The van der Waals surface area contributed by atoms with E-state index in [1.165, 1.54) is 6.92 Å². The van der Waals surface area contributed by atoms with Crippen LogP contribution in [0.25, 0.3) is 0 Å². The number of hydrogen-bond donors (Lipinski definition) is 2. The maximum Gasteiger partial charge on any atom is 0.246 e. The lowest BCUT2D eigenvalue weighted by Crippen LogP contribution is -2.54. The summed E-state index contributed by atoms with van der Waals surface area (Å²) in [5.41, 5.74) is 1.19. The molecule has 3 atom stereocenters. The number of halogens is 2. The van der Waals surface area contributed by atoms with Gasteiger partial charge in [0.2, 0.25) is 17.7 Å². The van der Waals surface area contributed by atoms with Crippen molar-refractivity contribution >= 4 is 17.7 Å². The smallest absolute Gasteiger partial charge is 0.246 e. The molecule has 2 aromatic carbocycles. The quantitative estimate of drug-likeness (QED) is 0.571. The van der Waals surface area contributed by atoms with E-state index in [4.69, 9.17) is 0 Å². The predicted octanol–water partition coefficient (Wildman–Crippen LogP) is 3.97. The van der Waals surface area contributed by atoms with Gasteiger partial charge in [-0.2, -0.15) is 0 Å². The number of benzene rings is 2.